The highest BCUT2D eigenvalue weighted by Crippen LogP contribution is 2.39. The number of nitrogens with one attached hydrogen (secondary N) is 2. The fourth-order valence-corrected chi connectivity index (χ4v) is 6.50. The van der Waals surface area contributed by atoms with E-state index in [0.717, 1.165) is 72.3 Å². The Labute approximate surface area is 277 Å². The predicted octanol–water partition coefficient (Wildman–Crippen LogP) is 5.18. The molecule has 47 heavy (non-hydrogen) atoms. The number of likely N-dealkylation sites (tertiary alicyclic amines) is 1. The molecule has 0 unspecified atom stereocenters. The summed E-state index contributed by atoms with van der Waals surface area (Å²) in [5.74, 6) is -0.526. The van der Waals surface area contributed by atoms with Crippen LogP contribution in [0.5, 0.6) is 0 Å². The van der Waals surface area contributed by atoms with Gasteiger partial charge in [0.25, 0.3) is 0 Å². The predicted molar refractivity (Wildman–Crippen MR) is 177 cm³/mol. The van der Waals surface area contributed by atoms with Crippen molar-refractivity contribution in [2.24, 2.45) is 0 Å². The molecular weight excluding hydrogens is 598 g/mol. The smallest absolute Gasteiger partial charge is 0.243 e. The van der Waals surface area contributed by atoms with E-state index in [1.54, 1.807) is 12.6 Å². The van der Waals surface area contributed by atoms with Crippen LogP contribution >= 0.6 is 0 Å². The van der Waals surface area contributed by atoms with E-state index in [0.29, 0.717) is 31.8 Å². The Morgan fingerprint density at radius 3 is 2.38 bits per heavy atom. The largest absolute Gasteiger partial charge is 0.392 e. The van der Waals surface area contributed by atoms with Gasteiger partial charge in [-0.25, -0.2) is 5.48 Å². The summed E-state index contributed by atoms with van der Waals surface area (Å²) in [6, 6.07) is 24.6. The lowest BCUT2D eigenvalue weighted by Crippen LogP contribution is -2.42. The molecule has 4 atom stereocenters. The van der Waals surface area contributed by atoms with Gasteiger partial charge in [-0.3, -0.25) is 19.7 Å². The van der Waals surface area contributed by atoms with Crippen molar-refractivity contribution in [2.45, 2.75) is 82.6 Å². The second-order valence-electron chi connectivity index (χ2n) is 12.4. The van der Waals surface area contributed by atoms with E-state index in [1.807, 2.05) is 48.5 Å². The highest BCUT2D eigenvalue weighted by Gasteiger charge is 2.35. The summed E-state index contributed by atoms with van der Waals surface area (Å²) >= 11 is 0. The number of unbranched alkanes of at least 4 members (excludes halogenated alkanes) is 1. The van der Waals surface area contributed by atoms with E-state index in [2.05, 4.69) is 34.5 Å². The van der Waals surface area contributed by atoms with Crippen LogP contribution < -0.4 is 10.8 Å². The molecule has 2 heterocycles. The van der Waals surface area contributed by atoms with Gasteiger partial charge in [0, 0.05) is 51.1 Å². The van der Waals surface area contributed by atoms with Gasteiger partial charge in [-0.05, 0) is 60.0 Å². The summed E-state index contributed by atoms with van der Waals surface area (Å²) in [5.41, 5.74) is 7.54. The lowest BCUT2D eigenvalue weighted by molar-refractivity contribution is -0.253. The summed E-state index contributed by atoms with van der Waals surface area (Å²) in [6.07, 6.45) is 3.91. The summed E-state index contributed by atoms with van der Waals surface area (Å²) in [4.78, 5) is 26.1. The molecule has 3 aromatic carbocycles. The van der Waals surface area contributed by atoms with Crippen molar-refractivity contribution >= 4 is 11.8 Å². The number of hydroxylamine groups is 1. The van der Waals surface area contributed by atoms with Crippen LogP contribution in [0.2, 0.25) is 0 Å². The molecule has 3 aromatic rings. The van der Waals surface area contributed by atoms with Crippen LogP contribution in [-0.4, -0.2) is 66.0 Å². The Bertz CT molecular complexity index is 1430. The van der Waals surface area contributed by atoms with Gasteiger partial charge in [0.1, 0.15) is 0 Å². The van der Waals surface area contributed by atoms with E-state index in [9.17, 15) is 14.7 Å². The molecule has 0 bridgehead atoms. The molecule has 0 radical (unpaired) electrons. The number of methoxy groups -OCH3 is 1. The zero-order chi connectivity index (χ0) is 33.0. The minimum absolute atomic E-state index is 0.00521. The molecule has 0 aromatic heterocycles. The standard InChI is InChI=1S/C37H47N3O7/c1-45-25-31-8-6-20-40(31)23-32-21-34(28-14-12-26(24-41)13-15-28)47-37(46-32)29-18-16-27(17-19-29)33-9-3-2-7-30(33)22-38-35(42)10-4-5-11-36(43)39-44/h2-3,7,9,12-19,31-32,34,37,41,44H,4-6,8,10-11,20-25H2,1H3,(H,38,42)(H,39,43)/t31-,32-,34+,37+/m0/s1. The minimum atomic E-state index is -0.535. The van der Waals surface area contributed by atoms with E-state index >= 15 is 0 Å². The molecule has 4 N–H and O–H groups in total. The number of ether oxygens (including phenoxy) is 3. The zero-order valence-electron chi connectivity index (χ0n) is 27.1. The van der Waals surface area contributed by atoms with Crippen molar-refractivity contribution in [3.8, 4) is 11.1 Å². The molecule has 2 aliphatic rings. The fraction of sp³-hybridized carbons (Fsp3) is 0.459. The third-order valence-electron chi connectivity index (χ3n) is 9.08. The number of amides is 2. The maximum Gasteiger partial charge on any atom is 0.243 e. The molecule has 0 aliphatic carbocycles. The third kappa shape index (κ3) is 9.70. The summed E-state index contributed by atoms with van der Waals surface area (Å²) in [6.45, 7) is 2.96. The number of aliphatic hydroxyl groups is 1. The molecule has 0 spiro atoms. The van der Waals surface area contributed by atoms with Gasteiger partial charge in [-0.2, -0.15) is 0 Å². The van der Waals surface area contributed by atoms with Crippen molar-refractivity contribution in [1.29, 1.82) is 0 Å². The van der Waals surface area contributed by atoms with Crippen molar-refractivity contribution in [1.82, 2.24) is 15.7 Å². The van der Waals surface area contributed by atoms with Crippen LogP contribution in [0.15, 0.2) is 72.8 Å². The first kappa shape index (κ1) is 34.7. The van der Waals surface area contributed by atoms with E-state index in [1.165, 1.54) is 0 Å². The molecule has 2 amide bonds. The van der Waals surface area contributed by atoms with Crippen LogP contribution in [0.3, 0.4) is 0 Å². The quantitative estimate of drug-likeness (QED) is 0.101. The molecule has 2 aliphatic heterocycles. The van der Waals surface area contributed by atoms with Gasteiger partial charge in [0.05, 0.1) is 25.4 Å². The lowest BCUT2D eigenvalue weighted by atomic mass is 9.97. The zero-order valence-corrected chi connectivity index (χ0v) is 27.1. The second kappa shape index (κ2) is 17.5. The molecular formula is C37H47N3O7. The first-order valence-electron chi connectivity index (χ1n) is 16.6. The minimum Gasteiger partial charge on any atom is -0.392 e. The highest BCUT2D eigenvalue weighted by atomic mass is 16.7. The maximum atomic E-state index is 12.4. The molecule has 0 saturated carbocycles. The van der Waals surface area contributed by atoms with Crippen LogP contribution in [0.4, 0.5) is 0 Å². The SMILES string of the molecule is COC[C@@H]1CCCN1C[C@@H]1C[C@H](c2ccc(CO)cc2)O[C@H](c2ccc(-c3ccccc3CNC(=O)CCCCC(=O)NO)cc2)O1. The number of nitrogens with zero attached hydrogens (tertiary/aromatic N) is 1. The van der Waals surface area contributed by atoms with Gasteiger partial charge in [-0.15, -0.1) is 0 Å². The van der Waals surface area contributed by atoms with E-state index in [-0.39, 0.29) is 31.1 Å². The lowest BCUT2D eigenvalue weighted by Gasteiger charge is -2.38. The molecule has 2 saturated heterocycles. The topological polar surface area (TPSA) is 130 Å². The Morgan fingerprint density at radius 1 is 0.936 bits per heavy atom. The molecule has 252 valence electrons. The Balaban J connectivity index is 1.26. The second-order valence-corrected chi connectivity index (χ2v) is 12.4. The number of carbonyl (C=O) groups is 2. The van der Waals surface area contributed by atoms with Gasteiger partial charge >= 0.3 is 0 Å². The van der Waals surface area contributed by atoms with Gasteiger partial charge in [-0.1, -0.05) is 72.8 Å². The third-order valence-corrected chi connectivity index (χ3v) is 9.08. The van der Waals surface area contributed by atoms with Crippen LogP contribution in [0, 0.1) is 0 Å². The van der Waals surface area contributed by atoms with Gasteiger partial charge in [0.2, 0.25) is 11.8 Å². The normalized spacial score (nSPS) is 21.4. The van der Waals surface area contributed by atoms with Crippen LogP contribution in [0.1, 0.15) is 79.6 Å². The molecule has 2 fully saturated rings. The van der Waals surface area contributed by atoms with Crippen molar-refractivity contribution in [3.05, 3.63) is 95.1 Å². The number of rotatable bonds is 15. The van der Waals surface area contributed by atoms with Crippen molar-refractivity contribution < 1.29 is 34.1 Å². The molecule has 10 heteroatoms. The first-order chi connectivity index (χ1) is 23.0. The maximum absolute atomic E-state index is 12.4. The average molecular weight is 646 g/mol. The van der Waals surface area contributed by atoms with Crippen molar-refractivity contribution in [3.63, 3.8) is 0 Å². The molecule has 10 nitrogen and oxygen atoms in total. The number of carbonyl (C=O) groups excluding carboxylic acids is 2. The van der Waals surface area contributed by atoms with Crippen LogP contribution in [0.25, 0.3) is 11.1 Å². The monoisotopic (exact) mass is 645 g/mol. The fourth-order valence-electron chi connectivity index (χ4n) is 6.50. The molecule has 5 rings (SSSR count). The van der Waals surface area contributed by atoms with Gasteiger partial charge in [0.15, 0.2) is 6.29 Å². The average Bonchev–Trinajstić information content (AvgIpc) is 3.55. The first-order valence-corrected chi connectivity index (χ1v) is 16.6. The Morgan fingerprint density at radius 2 is 1.66 bits per heavy atom. The number of hydrogen-bond donors (Lipinski definition) is 4. The van der Waals surface area contributed by atoms with Crippen LogP contribution in [-0.2, 0) is 37.0 Å². The number of aliphatic hydroxyl groups excluding tert-OH is 1. The Hall–Kier alpha value is -3.64. The van der Waals surface area contributed by atoms with E-state index < -0.39 is 12.2 Å². The summed E-state index contributed by atoms with van der Waals surface area (Å²) < 4.78 is 18.7. The van der Waals surface area contributed by atoms with Crippen molar-refractivity contribution in [2.75, 3.05) is 26.8 Å². The number of hydrogen-bond acceptors (Lipinski definition) is 8. The highest BCUT2D eigenvalue weighted by molar-refractivity contribution is 5.77. The van der Waals surface area contributed by atoms with E-state index in [4.69, 9.17) is 19.4 Å². The summed E-state index contributed by atoms with van der Waals surface area (Å²) in [7, 11) is 1.76. The van der Waals surface area contributed by atoms with Gasteiger partial charge < -0.3 is 24.6 Å². The Kier molecular flexibility index (Phi) is 12.9. The summed E-state index contributed by atoms with van der Waals surface area (Å²) in [5, 5.41) is 21.1. The number of benzene rings is 3.